The Balaban J connectivity index is 1.58. The van der Waals surface area contributed by atoms with E-state index in [4.69, 9.17) is 18.9 Å². The van der Waals surface area contributed by atoms with Crippen LogP contribution in [0.3, 0.4) is 0 Å². The molecule has 226 valence electrons. The molecule has 42 heavy (non-hydrogen) atoms. The Morgan fingerprint density at radius 3 is 2.33 bits per heavy atom. The molecule has 1 aliphatic rings. The number of hydrogen-bond donors (Lipinski definition) is 1. The summed E-state index contributed by atoms with van der Waals surface area (Å²) in [5.41, 5.74) is 4.56. The van der Waals surface area contributed by atoms with Crippen molar-refractivity contribution in [3.8, 4) is 23.0 Å². The first-order valence-corrected chi connectivity index (χ1v) is 14.7. The highest BCUT2D eigenvalue weighted by Gasteiger charge is 2.31. The van der Waals surface area contributed by atoms with Gasteiger partial charge in [0.15, 0.2) is 23.0 Å². The van der Waals surface area contributed by atoms with Gasteiger partial charge < -0.3 is 29.2 Å². The molecule has 3 aromatic carbocycles. The van der Waals surface area contributed by atoms with Crippen LogP contribution in [-0.4, -0.2) is 77.4 Å². The van der Waals surface area contributed by atoms with Gasteiger partial charge in [0.1, 0.15) is 0 Å². The van der Waals surface area contributed by atoms with Crippen molar-refractivity contribution in [1.29, 1.82) is 0 Å². The van der Waals surface area contributed by atoms with E-state index < -0.39 is 0 Å². The van der Waals surface area contributed by atoms with E-state index in [1.165, 1.54) is 5.56 Å². The number of carbonyl (C=O) groups excluding carboxylic acids is 1. The molecule has 1 aliphatic heterocycles. The third-order valence-electron chi connectivity index (χ3n) is 7.71. The molecule has 0 radical (unpaired) electrons. The lowest BCUT2D eigenvalue weighted by Crippen LogP contribution is -2.43. The molecule has 0 aliphatic carbocycles. The van der Waals surface area contributed by atoms with Crippen LogP contribution in [0, 0.1) is 0 Å². The standard InChI is InChI=1S/C34H45N3O5/c1-36(2)16-9-10-18-42-33-22-28-27(21-32(33)41-5)15-17-37(24-34(38)35-23-25-11-7-6-8-12-25)29(28)19-26-13-14-30(39-3)31(20-26)40-4/h6-8,11-14,20-22,29H,9-10,15-19,23-24H2,1-5H3,(H,35,38). The van der Waals surface area contributed by atoms with Crippen molar-refractivity contribution >= 4 is 5.91 Å². The number of fused-ring (bicyclic) bond motifs is 1. The minimum Gasteiger partial charge on any atom is -0.493 e. The molecule has 0 saturated heterocycles. The monoisotopic (exact) mass is 575 g/mol. The highest BCUT2D eigenvalue weighted by Crippen LogP contribution is 2.40. The Morgan fingerprint density at radius 1 is 0.881 bits per heavy atom. The second-order valence-corrected chi connectivity index (χ2v) is 11.0. The topological polar surface area (TPSA) is 72.5 Å². The van der Waals surface area contributed by atoms with Gasteiger partial charge in [-0.1, -0.05) is 36.4 Å². The van der Waals surface area contributed by atoms with Crippen molar-refractivity contribution in [1.82, 2.24) is 15.1 Å². The molecule has 3 aromatic rings. The van der Waals surface area contributed by atoms with Gasteiger partial charge in [-0.05, 0) is 92.8 Å². The van der Waals surface area contributed by atoms with Gasteiger partial charge in [0.2, 0.25) is 5.91 Å². The Morgan fingerprint density at radius 2 is 1.62 bits per heavy atom. The van der Waals surface area contributed by atoms with E-state index in [2.05, 4.69) is 47.4 Å². The predicted octanol–water partition coefficient (Wildman–Crippen LogP) is 4.89. The lowest BCUT2D eigenvalue weighted by molar-refractivity contribution is -0.123. The zero-order chi connectivity index (χ0) is 29.9. The summed E-state index contributed by atoms with van der Waals surface area (Å²) in [6.07, 6.45) is 3.55. The summed E-state index contributed by atoms with van der Waals surface area (Å²) >= 11 is 0. The van der Waals surface area contributed by atoms with E-state index >= 15 is 0 Å². The quantitative estimate of drug-likeness (QED) is 0.259. The van der Waals surface area contributed by atoms with Crippen LogP contribution in [0.2, 0.25) is 0 Å². The summed E-state index contributed by atoms with van der Waals surface area (Å²) in [5, 5.41) is 3.10. The SMILES string of the molecule is COc1ccc(CC2c3cc(OCCCCN(C)C)c(OC)cc3CCN2CC(=O)NCc2ccccc2)cc1OC. The van der Waals surface area contributed by atoms with Crippen molar-refractivity contribution in [3.05, 3.63) is 82.9 Å². The van der Waals surface area contributed by atoms with Crippen LogP contribution in [0.4, 0.5) is 0 Å². The van der Waals surface area contributed by atoms with Crippen LogP contribution in [-0.2, 0) is 24.2 Å². The summed E-state index contributed by atoms with van der Waals surface area (Å²) in [4.78, 5) is 17.6. The van der Waals surface area contributed by atoms with E-state index in [0.717, 1.165) is 60.5 Å². The van der Waals surface area contributed by atoms with E-state index in [1.54, 1.807) is 21.3 Å². The summed E-state index contributed by atoms with van der Waals surface area (Å²) in [6.45, 7) is 3.22. The molecule has 1 heterocycles. The molecule has 0 saturated carbocycles. The van der Waals surface area contributed by atoms with Crippen LogP contribution in [0.1, 0.15) is 41.1 Å². The van der Waals surface area contributed by atoms with Gasteiger partial charge in [0.25, 0.3) is 0 Å². The number of unbranched alkanes of at least 4 members (excludes halogenated alkanes) is 1. The van der Waals surface area contributed by atoms with Gasteiger partial charge in [-0.25, -0.2) is 0 Å². The number of ether oxygens (including phenoxy) is 4. The molecule has 1 N–H and O–H groups in total. The smallest absolute Gasteiger partial charge is 0.234 e. The molecule has 4 rings (SSSR count). The Hall–Kier alpha value is -3.75. The second-order valence-electron chi connectivity index (χ2n) is 11.0. The summed E-state index contributed by atoms with van der Waals surface area (Å²) in [7, 11) is 9.14. The van der Waals surface area contributed by atoms with Crippen molar-refractivity contribution < 1.29 is 23.7 Å². The fraction of sp³-hybridized carbons (Fsp3) is 0.441. The van der Waals surface area contributed by atoms with Gasteiger partial charge in [-0.3, -0.25) is 9.69 Å². The molecular formula is C34H45N3O5. The lowest BCUT2D eigenvalue weighted by atomic mass is 9.88. The van der Waals surface area contributed by atoms with Crippen molar-refractivity contribution in [2.45, 2.75) is 38.3 Å². The van der Waals surface area contributed by atoms with Gasteiger partial charge in [-0.2, -0.15) is 0 Å². The molecular weight excluding hydrogens is 530 g/mol. The van der Waals surface area contributed by atoms with Gasteiger partial charge >= 0.3 is 0 Å². The number of hydrogen-bond acceptors (Lipinski definition) is 7. The molecule has 1 unspecified atom stereocenters. The molecule has 0 bridgehead atoms. The number of nitrogens with zero attached hydrogens (tertiary/aromatic N) is 2. The fourth-order valence-electron chi connectivity index (χ4n) is 5.44. The number of carbonyl (C=O) groups is 1. The molecule has 0 aromatic heterocycles. The summed E-state index contributed by atoms with van der Waals surface area (Å²) in [6, 6.07) is 20.2. The van der Waals surface area contributed by atoms with E-state index in [9.17, 15) is 4.79 Å². The van der Waals surface area contributed by atoms with Crippen LogP contribution in [0.25, 0.3) is 0 Å². The van der Waals surface area contributed by atoms with Gasteiger partial charge in [0, 0.05) is 19.1 Å². The van der Waals surface area contributed by atoms with Crippen LogP contribution < -0.4 is 24.3 Å². The zero-order valence-corrected chi connectivity index (χ0v) is 25.7. The van der Waals surface area contributed by atoms with E-state index in [1.807, 2.05) is 42.5 Å². The maximum atomic E-state index is 13.2. The minimum absolute atomic E-state index is 0.00509. The van der Waals surface area contributed by atoms with Gasteiger partial charge in [0.05, 0.1) is 34.5 Å². The van der Waals surface area contributed by atoms with Crippen LogP contribution in [0.5, 0.6) is 23.0 Å². The number of nitrogens with one attached hydrogen (secondary N) is 1. The first-order chi connectivity index (χ1) is 20.4. The Labute approximate surface area is 250 Å². The molecule has 1 amide bonds. The average Bonchev–Trinajstić information content (AvgIpc) is 3.00. The molecule has 0 spiro atoms. The predicted molar refractivity (Wildman–Crippen MR) is 166 cm³/mol. The first-order valence-electron chi connectivity index (χ1n) is 14.7. The minimum atomic E-state index is -0.0312. The van der Waals surface area contributed by atoms with Crippen molar-refractivity contribution in [2.24, 2.45) is 0 Å². The normalized spacial score (nSPS) is 14.8. The largest absolute Gasteiger partial charge is 0.493 e. The second kappa shape index (κ2) is 15.5. The summed E-state index contributed by atoms with van der Waals surface area (Å²) < 4.78 is 23.1. The third-order valence-corrected chi connectivity index (χ3v) is 7.71. The molecule has 8 nitrogen and oxygen atoms in total. The lowest BCUT2D eigenvalue weighted by Gasteiger charge is -2.37. The Bertz CT molecular complexity index is 1300. The Kier molecular flexibility index (Phi) is 11.5. The number of rotatable bonds is 15. The number of amides is 1. The average molecular weight is 576 g/mol. The molecule has 0 fully saturated rings. The fourth-order valence-corrected chi connectivity index (χ4v) is 5.44. The van der Waals surface area contributed by atoms with Crippen molar-refractivity contribution in [2.75, 3.05) is 61.7 Å². The van der Waals surface area contributed by atoms with Gasteiger partial charge in [-0.15, -0.1) is 0 Å². The van der Waals surface area contributed by atoms with E-state index in [-0.39, 0.29) is 11.9 Å². The maximum absolute atomic E-state index is 13.2. The highest BCUT2D eigenvalue weighted by molar-refractivity contribution is 5.78. The highest BCUT2D eigenvalue weighted by atomic mass is 16.5. The maximum Gasteiger partial charge on any atom is 0.234 e. The third kappa shape index (κ3) is 8.39. The van der Waals surface area contributed by atoms with Crippen LogP contribution >= 0.6 is 0 Å². The zero-order valence-electron chi connectivity index (χ0n) is 25.7. The van der Waals surface area contributed by atoms with Crippen LogP contribution in [0.15, 0.2) is 60.7 Å². The number of methoxy groups -OCH3 is 3. The molecule has 8 heteroatoms. The number of benzene rings is 3. The van der Waals surface area contributed by atoms with E-state index in [0.29, 0.717) is 37.6 Å². The van der Waals surface area contributed by atoms with Crippen molar-refractivity contribution in [3.63, 3.8) is 0 Å². The summed E-state index contributed by atoms with van der Waals surface area (Å²) in [5.74, 6) is 2.88. The first kappa shape index (κ1) is 31.2. The molecule has 1 atom stereocenters.